The first-order valence-electron chi connectivity index (χ1n) is 6.54. The van der Waals surface area contributed by atoms with Gasteiger partial charge < -0.3 is 11.1 Å². The molecule has 1 aliphatic rings. The fraction of sp³-hybridized carbons (Fsp3) is 0.438. The van der Waals surface area contributed by atoms with Crippen LogP contribution in [0.1, 0.15) is 31.4 Å². The maximum atomic E-state index is 12.0. The number of hydrogen-bond donors (Lipinski definition) is 2. The van der Waals surface area contributed by atoms with E-state index in [9.17, 15) is 4.79 Å². The number of anilines is 1. The van der Waals surface area contributed by atoms with Gasteiger partial charge in [0.2, 0.25) is 5.91 Å². The molecule has 1 amide bonds. The van der Waals surface area contributed by atoms with E-state index < -0.39 is 0 Å². The Balaban J connectivity index is 2.06. The number of nitrogens with two attached hydrogens (primary N) is 1. The molecule has 0 aliphatic heterocycles. The van der Waals surface area contributed by atoms with Gasteiger partial charge in [-0.15, -0.1) is 0 Å². The Hall–Kier alpha value is -1.79. The van der Waals surface area contributed by atoms with Crippen molar-refractivity contribution >= 4 is 11.6 Å². The highest BCUT2D eigenvalue weighted by Crippen LogP contribution is 2.51. The molecule has 1 aliphatic carbocycles. The van der Waals surface area contributed by atoms with Crippen molar-refractivity contribution in [2.24, 2.45) is 17.1 Å². The first-order chi connectivity index (χ1) is 8.94. The summed E-state index contributed by atoms with van der Waals surface area (Å²) >= 11 is 0. The van der Waals surface area contributed by atoms with Crippen LogP contribution in [-0.4, -0.2) is 12.5 Å². The van der Waals surface area contributed by atoms with Crippen molar-refractivity contribution < 1.29 is 4.79 Å². The second-order valence-corrected chi connectivity index (χ2v) is 5.77. The van der Waals surface area contributed by atoms with Gasteiger partial charge in [-0.05, 0) is 42.5 Å². The average Bonchev–Trinajstić information content (AvgIpc) is 2.98. The number of carbonyl (C=O) groups excluding carboxylic acids is 1. The minimum atomic E-state index is 0.116. The van der Waals surface area contributed by atoms with E-state index in [1.54, 1.807) is 0 Å². The van der Waals surface area contributed by atoms with Gasteiger partial charge >= 0.3 is 0 Å². The summed E-state index contributed by atoms with van der Waals surface area (Å²) < 4.78 is 0. The lowest BCUT2D eigenvalue weighted by Gasteiger charge is -2.08. The van der Waals surface area contributed by atoms with E-state index in [1.165, 1.54) is 0 Å². The number of rotatable bonds is 2. The minimum Gasteiger partial charge on any atom is -0.326 e. The highest BCUT2D eigenvalue weighted by molar-refractivity contribution is 5.95. The minimum absolute atomic E-state index is 0.116. The monoisotopic (exact) mass is 256 g/mol. The first kappa shape index (κ1) is 13.6. The summed E-state index contributed by atoms with van der Waals surface area (Å²) in [6.45, 7) is 6.58. The van der Waals surface area contributed by atoms with Crippen molar-refractivity contribution in [2.45, 2.75) is 27.2 Å². The number of nitrogens with one attached hydrogen (secondary N) is 1. The maximum Gasteiger partial charge on any atom is 0.228 e. The number of carbonyl (C=O) groups is 1. The van der Waals surface area contributed by atoms with Crippen LogP contribution in [0.15, 0.2) is 18.2 Å². The van der Waals surface area contributed by atoms with Crippen LogP contribution < -0.4 is 11.1 Å². The summed E-state index contributed by atoms with van der Waals surface area (Å²) in [5, 5.41) is 2.97. The van der Waals surface area contributed by atoms with Crippen molar-refractivity contribution in [3.8, 4) is 11.8 Å². The molecule has 3 heteroatoms. The highest BCUT2D eigenvalue weighted by atomic mass is 16.2. The molecule has 1 unspecified atom stereocenters. The summed E-state index contributed by atoms with van der Waals surface area (Å²) in [5.74, 6) is 6.11. The molecule has 100 valence electrons. The predicted octanol–water partition coefficient (Wildman–Crippen LogP) is 2.29. The molecule has 1 atom stereocenters. The quantitative estimate of drug-likeness (QED) is 0.798. The molecule has 0 radical (unpaired) electrons. The standard InChI is InChI=1S/C16H20N2O/c1-11-9-13(7-6-12(11)5-4-8-17)18-15(19)14-10-16(14,2)3/h6-7,9,14H,8,10,17H2,1-3H3,(H,18,19). The van der Waals surface area contributed by atoms with Gasteiger partial charge in [-0.2, -0.15) is 0 Å². The first-order valence-corrected chi connectivity index (χ1v) is 6.54. The third kappa shape index (κ3) is 3.15. The Bertz CT molecular complexity index is 564. The molecule has 0 bridgehead atoms. The van der Waals surface area contributed by atoms with E-state index in [4.69, 9.17) is 5.73 Å². The molecule has 1 aromatic rings. The SMILES string of the molecule is Cc1cc(NC(=O)C2CC2(C)C)ccc1C#CCN. The zero-order valence-electron chi connectivity index (χ0n) is 11.7. The molecular formula is C16H20N2O. The molecule has 1 aromatic carbocycles. The van der Waals surface area contributed by atoms with Crippen LogP contribution in [0, 0.1) is 30.1 Å². The normalized spacial score (nSPS) is 19.3. The van der Waals surface area contributed by atoms with Crippen LogP contribution >= 0.6 is 0 Å². The molecule has 19 heavy (non-hydrogen) atoms. The lowest BCUT2D eigenvalue weighted by Crippen LogP contribution is -2.16. The summed E-state index contributed by atoms with van der Waals surface area (Å²) in [6.07, 6.45) is 0.970. The van der Waals surface area contributed by atoms with Crippen molar-refractivity contribution in [1.82, 2.24) is 0 Å². The summed E-state index contributed by atoms with van der Waals surface area (Å²) in [6, 6.07) is 5.76. The van der Waals surface area contributed by atoms with Gasteiger partial charge in [-0.1, -0.05) is 25.7 Å². The van der Waals surface area contributed by atoms with Gasteiger partial charge in [-0.3, -0.25) is 4.79 Å². The number of benzene rings is 1. The van der Waals surface area contributed by atoms with Gasteiger partial charge in [-0.25, -0.2) is 0 Å². The maximum absolute atomic E-state index is 12.0. The van der Waals surface area contributed by atoms with E-state index >= 15 is 0 Å². The molecule has 1 fully saturated rings. The summed E-state index contributed by atoms with van der Waals surface area (Å²) in [7, 11) is 0. The van der Waals surface area contributed by atoms with Crippen molar-refractivity contribution in [3.05, 3.63) is 29.3 Å². The molecular weight excluding hydrogens is 236 g/mol. The van der Waals surface area contributed by atoms with Crippen molar-refractivity contribution in [1.29, 1.82) is 0 Å². The van der Waals surface area contributed by atoms with Crippen LogP contribution in [0.5, 0.6) is 0 Å². The molecule has 3 N–H and O–H groups in total. The summed E-state index contributed by atoms with van der Waals surface area (Å²) in [4.78, 5) is 12.0. The molecule has 0 spiro atoms. The third-order valence-electron chi connectivity index (χ3n) is 3.65. The predicted molar refractivity (Wildman–Crippen MR) is 77.6 cm³/mol. The van der Waals surface area contributed by atoms with Crippen molar-refractivity contribution in [2.75, 3.05) is 11.9 Å². The molecule has 1 saturated carbocycles. The molecule has 0 aromatic heterocycles. The molecule has 3 nitrogen and oxygen atoms in total. The van der Waals surface area contributed by atoms with E-state index in [0.717, 1.165) is 23.2 Å². The average molecular weight is 256 g/mol. The van der Waals surface area contributed by atoms with Gasteiger partial charge in [0.15, 0.2) is 0 Å². The molecule has 2 rings (SSSR count). The second kappa shape index (κ2) is 5.07. The Morgan fingerprint density at radius 3 is 2.74 bits per heavy atom. The Kier molecular flexibility index (Phi) is 3.64. The lowest BCUT2D eigenvalue weighted by molar-refractivity contribution is -0.117. The number of aryl methyl sites for hydroxylation is 1. The van der Waals surface area contributed by atoms with Crippen LogP contribution in [0.25, 0.3) is 0 Å². The summed E-state index contributed by atoms with van der Waals surface area (Å²) in [5.41, 5.74) is 8.36. The zero-order chi connectivity index (χ0) is 14.0. The number of amides is 1. The van der Waals surface area contributed by atoms with E-state index in [2.05, 4.69) is 31.0 Å². The Morgan fingerprint density at radius 2 is 2.21 bits per heavy atom. The van der Waals surface area contributed by atoms with Crippen LogP contribution in [0.3, 0.4) is 0 Å². The van der Waals surface area contributed by atoms with Gasteiger partial charge in [0.1, 0.15) is 0 Å². The smallest absolute Gasteiger partial charge is 0.228 e. The van der Waals surface area contributed by atoms with Gasteiger partial charge in [0.05, 0.1) is 6.54 Å². The molecule has 0 heterocycles. The van der Waals surface area contributed by atoms with Crippen LogP contribution in [0.4, 0.5) is 5.69 Å². The number of hydrogen-bond acceptors (Lipinski definition) is 2. The highest BCUT2D eigenvalue weighted by Gasteiger charge is 2.50. The topological polar surface area (TPSA) is 55.1 Å². The van der Waals surface area contributed by atoms with Crippen LogP contribution in [-0.2, 0) is 4.79 Å². The van der Waals surface area contributed by atoms with E-state index in [0.29, 0.717) is 6.54 Å². The Morgan fingerprint density at radius 1 is 1.53 bits per heavy atom. The Labute approximate surface area is 114 Å². The van der Waals surface area contributed by atoms with Crippen molar-refractivity contribution in [3.63, 3.8) is 0 Å². The van der Waals surface area contributed by atoms with E-state index in [-0.39, 0.29) is 17.2 Å². The zero-order valence-corrected chi connectivity index (χ0v) is 11.7. The second-order valence-electron chi connectivity index (χ2n) is 5.77. The molecule has 0 saturated heterocycles. The van der Waals surface area contributed by atoms with Gasteiger partial charge in [0, 0.05) is 17.2 Å². The van der Waals surface area contributed by atoms with E-state index in [1.807, 2.05) is 25.1 Å². The van der Waals surface area contributed by atoms with Gasteiger partial charge in [0.25, 0.3) is 0 Å². The fourth-order valence-electron chi connectivity index (χ4n) is 2.17. The fourth-order valence-corrected chi connectivity index (χ4v) is 2.17. The largest absolute Gasteiger partial charge is 0.326 e. The van der Waals surface area contributed by atoms with Crippen LogP contribution in [0.2, 0.25) is 0 Å². The third-order valence-corrected chi connectivity index (χ3v) is 3.65. The lowest BCUT2D eigenvalue weighted by atomic mass is 10.1.